The molecule has 1 amide bonds. The van der Waals surface area contributed by atoms with Gasteiger partial charge < -0.3 is 15.2 Å². The maximum Gasteiger partial charge on any atom is 0.407 e. The summed E-state index contributed by atoms with van der Waals surface area (Å²) in [6, 6.07) is 17.1. The van der Waals surface area contributed by atoms with Gasteiger partial charge in [-0.25, -0.2) is 9.59 Å². The van der Waals surface area contributed by atoms with Crippen LogP contribution in [-0.2, 0) is 16.0 Å². The zero-order valence-electron chi connectivity index (χ0n) is 15.7. The molecule has 1 heterocycles. The number of carboxylic acids is 1. The van der Waals surface area contributed by atoms with Crippen LogP contribution in [-0.4, -0.2) is 29.8 Å². The number of amides is 1. The van der Waals surface area contributed by atoms with E-state index in [2.05, 4.69) is 17.4 Å². The molecule has 1 aliphatic carbocycles. The number of carboxylic acid groups (broad SMARTS) is 1. The van der Waals surface area contributed by atoms with Crippen molar-refractivity contribution in [1.29, 1.82) is 0 Å². The van der Waals surface area contributed by atoms with Crippen molar-refractivity contribution in [3.05, 3.63) is 82.0 Å². The summed E-state index contributed by atoms with van der Waals surface area (Å²) in [7, 11) is 0. The number of benzene rings is 2. The van der Waals surface area contributed by atoms with Crippen molar-refractivity contribution in [1.82, 2.24) is 5.32 Å². The van der Waals surface area contributed by atoms with Gasteiger partial charge in [0.05, 0.1) is 0 Å². The third kappa shape index (κ3) is 4.17. The summed E-state index contributed by atoms with van der Waals surface area (Å²) in [4.78, 5) is 23.8. The fraction of sp³-hybridized carbons (Fsp3) is 0.217. The lowest BCUT2D eigenvalue weighted by atomic mass is 9.98. The minimum absolute atomic E-state index is 0.0535. The Hall–Kier alpha value is -3.12. The molecule has 6 heteroatoms. The highest BCUT2D eigenvalue weighted by molar-refractivity contribution is 7.07. The van der Waals surface area contributed by atoms with Crippen LogP contribution in [0, 0.1) is 0 Å². The minimum Gasteiger partial charge on any atom is -0.480 e. The summed E-state index contributed by atoms with van der Waals surface area (Å²) in [5, 5.41) is 15.8. The SMILES string of the molecule is O=C(N[C@@H](CCc1ccsc1)C(=O)O)OCC1c2ccccc2-c2ccccc21. The Morgan fingerprint density at radius 3 is 2.28 bits per heavy atom. The van der Waals surface area contributed by atoms with Crippen molar-refractivity contribution in [3.63, 3.8) is 0 Å². The molecule has 2 N–H and O–H groups in total. The average molecular weight is 407 g/mol. The molecule has 0 radical (unpaired) electrons. The van der Waals surface area contributed by atoms with Gasteiger partial charge in [0.25, 0.3) is 0 Å². The number of fused-ring (bicyclic) bond motifs is 3. The zero-order valence-corrected chi connectivity index (χ0v) is 16.5. The summed E-state index contributed by atoms with van der Waals surface area (Å²) in [6.45, 7) is 0.163. The largest absolute Gasteiger partial charge is 0.480 e. The van der Waals surface area contributed by atoms with Crippen molar-refractivity contribution in [2.45, 2.75) is 24.8 Å². The highest BCUT2D eigenvalue weighted by atomic mass is 32.1. The minimum atomic E-state index is -1.06. The first-order valence-electron chi connectivity index (χ1n) is 9.49. The fourth-order valence-corrected chi connectivity index (χ4v) is 4.49. The third-order valence-electron chi connectivity index (χ3n) is 5.24. The number of carbonyl (C=O) groups excluding carboxylic acids is 1. The van der Waals surface area contributed by atoms with Crippen LogP contribution in [0.15, 0.2) is 65.4 Å². The van der Waals surface area contributed by atoms with Gasteiger partial charge in [-0.3, -0.25) is 0 Å². The van der Waals surface area contributed by atoms with Gasteiger partial charge in [-0.05, 0) is 57.5 Å². The van der Waals surface area contributed by atoms with E-state index in [9.17, 15) is 14.7 Å². The Kier molecular flexibility index (Phi) is 5.62. The molecule has 0 saturated carbocycles. The van der Waals surface area contributed by atoms with Crippen LogP contribution in [0.5, 0.6) is 0 Å². The van der Waals surface area contributed by atoms with Gasteiger partial charge in [0.1, 0.15) is 12.6 Å². The first kappa shape index (κ1) is 19.2. The molecule has 0 aliphatic heterocycles. The molecule has 0 fully saturated rings. The summed E-state index contributed by atoms with van der Waals surface area (Å²) >= 11 is 1.57. The van der Waals surface area contributed by atoms with Crippen molar-refractivity contribution in [2.75, 3.05) is 6.61 Å². The number of alkyl carbamates (subject to hydrolysis) is 1. The lowest BCUT2D eigenvalue weighted by molar-refractivity contribution is -0.139. The molecule has 2 aromatic carbocycles. The van der Waals surface area contributed by atoms with Crippen molar-refractivity contribution >= 4 is 23.4 Å². The monoisotopic (exact) mass is 407 g/mol. The molecule has 148 valence electrons. The van der Waals surface area contributed by atoms with Gasteiger partial charge in [-0.2, -0.15) is 11.3 Å². The second-order valence-electron chi connectivity index (χ2n) is 7.03. The van der Waals surface area contributed by atoms with E-state index in [1.54, 1.807) is 11.3 Å². The van der Waals surface area contributed by atoms with E-state index in [0.29, 0.717) is 12.8 Å². The van der Waals surface area contributed by atoms with E-state index in [4.69, 9.17) is 4.74 Å². The maximum atomic E-state index is 12.3. The number of aliphatic carboxylic acids is 1. The molecule has 0 saturated heterocycles. The van der Waals surface area contributed by atoms with Crippen LogP contribution < -0.4 is 5.32 Å². The first-order valence-corrected chi connectivity index (χ1v) is 10.4. The summed E-state index contributed by atoms with van der Waals surface area (Å²) < 4.78 is 5.45. The molecule has 1 aromatic heterocycles. The van der Waals surface area contributed by atoms with Crippen LogP contribution >= 0.6 is 11.3 Å². The van der Waals surface area contributed by atoms with Gasteiger partial charge >= 0.3 is 12.1 Å². The molecule has 4 rings (SSSR count). The van der Waals surface area contributed by atoms with Gasteiger partial charge in [0.2, 0.25) is 0 Å². The van der Waals surface area contributed by atoms with Crippen molar-refractivity contribution in [2.24, 2.45) is 0 Å². The van der Waals surface area contributed by atoms with Crippen LogP contribution in [0.25, 0.3) is 11.1 Å². The Bertz CT molecular complexity index is 970. The molecule has 0 bridgehead atoms. The molecule has 1 atom stereocenters. The molecular weight excluding hydrogens is 386 g/mol. The van der Waals surface area contributed by atoms with Gasteiger partial charge in [0, 0.05) is 5.92 Å². The van der Waals surface area contributed by atoms with Crippen LogP contribution in [0.1, 0.15) is 29.0 Å². The Balaban J connectivity index is 1.39. The van der Waals surface area contributed by atoms with Crippen LogP contribution in [0.3, 0.4) is 0 Å². The second-order valence-corrected chi connectivity index (χ2v) is 7.81. The van der Waals surface area contributed by atoms with Crippen LogP contribution in [0.4, 0.5) is 4.79 Å². The topological polar surface area (TPSA) is 75.6 Å². The lowest BCUT2D eigenvalue weighted by Gasteiger charge is -2.17. The van der Waals surface area contributed by atoms with E-state index in [1.165, 1.54) is 0 Å². The Labute approximate surface area is 173 Å². The first-order chi connectivity index (χ1) is 14.1. The molecule has 1 aliphatic rings. The quantitative estimate of drug-likeness (QED) is 0.597. The molecule has 29 heavy (non-hydrogen) atoms. The van der Waals surface area contributed by atoms with Crippen LogP contribution in [0.2, 0.25) is 0 Å². The van der Waals surface area contributed by atoms with Crippen molar-refractivity contribution in [3.8, 4) is 11.1 Å². The number of aryl methyl sites for hydroxylation is 1. The van der Waals surface area contributed by atoms with E-state index >= 15 is 0 Å². The van der Waals surface area contributed by atoms with Gasteiger partial charge in [-0.15, -0.1) is 0 Å². The third-order valence-corrected chi connectivity index (χ3v) is 5.97. The molecule has 0 unspecified atom stereocenters. The fourth-order valence-electron chi connectivity index (χ4n) is 3.79. The zero-order chi connectivity index (χ0) is 20.2. The van der Waals surface area contributed by atoms with E-state index in [1.807, 2.05) is 53.2 Å². The van der Waals surface area contributed by atoms with E-state index in [-0.39, 0.29) is 12.5 Å². The van der Waals surface area contributed by atoms with Crippen molar-refractivity contribution < 1.29 is 19.4 Å². The summed E-state index contributed by atoms with van der Waals surface area (Å²) in [5.41, 5.74) is 5.60. The predicted molar refractivity (Wildman–Crippen MR) is 112 cm³/mol. The molecule has 5 nitrogen and oxygen atoms in total. The number of thiophene rings is 1. The van der Waals surface area contributed by atoms with Gasteiger partial charge in [-0.1, -0.05) is 48.5 Å². The number of ether oxygens (including phenoxy) is 1. The molecule has 0 spiro atoms. The maximum absolute atomic E-state index is 12.3. The molecule has 3 aromatic rings. The number of hydrogen-bond acceptors (Lipinski definition) is 4. The highest BCUT2D eigenvalue weighted by Gasteiger charge is 2.29. The van der Waals surface area contributed by atoms with E-state index in [0.717, 1.165) is 27.8 Å². The average Bonchev–Trinajstić information content (AvgIpc) is 3.35. The smallest absolute Gasteiger partial charge is 0.407 e. The second kappa shape index (κ2) is 8.49. The normalized spacial score (nSPS) is 13.4. The summed E-state index contributed by atoms with van der Waals surface area (Å²) in [6.07, 6.45) is 0.199. The highest BCUT2D eigenvalue weighted by Crippen LogP contribution is 2.44. The predicted octanol–water partition coefficient (Wildman–Crippen LogP) is 4.67. The van der Waals surface area contributed by atoms with E-state index < -0.39 is 18.1 Å². The Morgan fingerprint density at radius 1 is 1.03 bits per heavy atom. The lowest BCUT2D eigenvalue weighted by Crippen LogP contribution is -2.41. The standard InChI is InChI=1S/C23H21NO4S/c25-22(26)21(10-9-15-11-12-29-14-15)24-23(27)28-13-20-18-7-3-1-5-16(18)17-6-2-4-8-19(17)20/h1-8,11-12,14,20-21H,9-10,13H2,(H,24,27)(H,25,26)/t21-/m0/s1. The number of carbonyl (C=O) groups is 2. The number of hydrogen-bond donors (Lipinski definition) is 2. The summed E-state index contributed by atoms with van der Waals surface area (Å²) in [5.74, 6) is -1.11. The number of nitrogens with one attached hydrogen (secondary N) is 1. The van der Waals surface area contributed by atoms with Gasteiger partial charge in [0.15, 0.2) is 0 Å². The Morgan fingerprint density at radius 2 is 1.69 bits per heavy atom. The molecular formula is C23H21NO4S. The number of rotatable bonds is 7.